The second kappa shape index (κ2) is 7.86. The van der Waals surface area contributed by atoms with Gasteiger partial charge in [-0.05, 0) is 52.0 Å². The summed E-state index contributed by atoms with van der Waals surface area (Å²) in [5.74, 6) is 6.29. The van der Waals surface area contributed by atoms with Crippen molar-refractivity contribution in [2.45, 2.75) is 27.7 Å². The van der Waals surface area contributed by atoms with Crippen LogP contribution in [0.15, 0.2) is 43.0 Å². The number of allylic oxidation sites excluding steroid dienone is 1. The standard InChI is InChI=1S/C20H27N/c1-17-11-10-12-19(15-17)18(2)16-21(6)14-9-7-8-13-20(3,4)5/h7,9-12,15H,2,14,16H2,1,3-6H3. The Kier molecular flexibility index (Phi) is 6.46. The van der Waals surface area contributed by atoms with Gasteiger partial charge in [0.05, 0.1) is 0 Å². The Morgan fingerprint density at radius 1 is 1.33 bits per heavy atom. The third-order valence-electron chi connectivity index (χ3n) is 2.95. The quantitative estimate of drug-likeness (QED) is 0.716. The minimum absolute atomic E-state index is 0.0652. The molecular formula is C20H27N. The molecule has 0 aromatic heterocycles. The lowest BCUT2D eigenvalue weighted by atomic mass is 9.98. The molecule has 0 saturated heterocycles. The van der Waals surface area contributed by atoms with Gasteiger partial charge in [-0.2, -0.15) is 0 Å². The number of aryl methyl sites for hydroxylation is 1. The molecule has 0 N–H and O–H groups in total. The maximum atomic E-state index is 4.19. The Balaban J connectivity index is 2.46. The van der Waals surface area contributed by atoms with Crippen LogP contribution in [0.5, 0.6) is 0 Å². The second-order valence-corrected chi connectivity index (χ2v) is 6.59. The number of likely N-dealkylation sites (N-methyl/N-ethyl adjacent to an activating group) is 1. The van der Waals surface area contributed by atoms with Crippen molar-refractivity contribution in [2.24, 2.45) is 5.41 Å². The predicted molar refractivity (Wildman–Crippen MR) is 94.1 cm³/mol. The summed E-state index contributed by atoms with van der Waals surface area (Å²) in [5.41, 5.74) is 3.71. The minimum Gasteiger partial charge on any atom is -0.298 e. The van der Waals surface area contributed by atoms with E-state index in [4.69, 9.17) is 0 Å². The Labute approximate surface area is 130 Å². The highest BCUT2D eigenvalue weighted by Crippen LogP contribution is 2.14. The van der Waals surface area contributed by atoms with Crippen molar-refractivity contribution in [3.63, 3.8) is 0 Å². The first kappa shape index (κ1) is 17.3. The minimum atomic E-state index is 0.0652. The maximum Gasteiger partial charge on any atom is 0.0234 e. The molecule has 1 aromatic rings. The zero-order valence-electron chi connectivity index (χ0n) is 14.0. The Bertz CT molecular complexity index is 561. The van der Waals surface area contributed by atoms with E-state index in [0.29, 0.717) is 0 Å². The van der Waals surface area contributed by atoms with Crippen LogP contribution < -0.4 is 0 Å². The lowest BCUT2D eigenvalue weighted by Crippen LogP contribution is -2.20. The molecule has 0 bridgehead atoms. The molecule has 1 nitrogen and oxygen atoms in total. The zero-order chi connectivity index (χ0) is 15.9. The van der Waals surface area contributed by atoms with Crippen LogP contribution in [0.1, 0.15) is 31.9 Å². The normalized spacial score (nSPS) is 11.5. The van der Waals surface area contributed by atoms with E-state index in [2.05, 4.69) is 88.4 Å². The van der Waals surface area contributed by atoms with Gasteiger partial charge in [-0.1, -0.05) is 54.3 Å². The lowest BCUT2D eigenvalue weighted by Gasteiger charge is -2.16. The van der Waals surface area contributed by atoms with Crippen molar-refractivity contribution < 1.29 is 0 Å². The van der Waals surface area contributed by atoms with E-state index < -0.39 is 0 Å². The Morgan fingerprint density at radius 3 is 2.67 bits per heavy atom. The number of benzene rings is 1. The zero-order valence-corrected chi connectivity index (χ0v) is 14.0. The molecule has 0 heterocycles. The van der Waals surface area contributed by atoms with Gasteiger partial charge < -0.3 is 0 Å². The van der Waals surface area contributed by atoms with Gasteiger partial charge in [0.25, 0.3) is 0 Å². The van der Waals surface area contributed by atoms with E-state index in [1.807, 2.05) is 6.08 Å². The summed E-state index contributed by atoms with van der Waals surface area (Å²) in [6, 6.07) is 8.49. The largest absolute Gasteiger partial charge is 0.298 e. The van der Waals surface area contributed by atoms with E-state index in [9.17, 15) is 0 Å². The van der Waals surface area contributed by atoms with Crippen molar-refractivity contribution in [1.29, 1.82) is 0 Å². The number of nitrogens with zero attached hydrogens (tertiary/aromatic N) is 1. The molecule has 1 heteroatoms. The summed E-state index contributed by atoms with van der Waals surface area (Å²) in [4.78, 5) is 2.24. The van der Waals surface area contributed by atoms with E-state index >= 15 is 0 Å². The fourth-order valence-corrected chi connectivity index (χ4v) is 1.90. The van der Waals surface area contributed by atoms with Gasteiger partial charge >= 0.3 is 0 Å². The third kappa shape index (κ3) is 7.54. The van der Waals surface area contributed by atoms with Crippen LogP contribution in [0.25, 0.3) is 5.57 Å². The topological polar surface area (TPSA) is 3.24 Å². The molecule has 0 radical (unpaired) electrons. The first-order valence-corrected chi connectivity index (χ1v) is 7.39. The monoisotopic (exact) mass is 281 g/mol. The molecule has 0 fully saturated rings. The highest BCUT2D eigenvalue weighted by molar-refractivity contribution is 5.65. The van der Waals surface area contributed by atoms with Gasteiger partial charge in [0, 0.05) is 18.5 Å². The lowest BCUT2D eigenvalue weighted by molar-refractivity contribution is 0.419. The smallest absolute Gasteiger partial charge is 0.0234 e. The summed E-state index contributed by atoms with van der Waals surface area (Å²) in [5, 5.41) is 0. The van der Waals surface area contributed by atoms with Crippen molar-refractivity contribution in [2.75, 3.05) is 20.1 Å². The maximum absolute atomic E-state index is 4.19. The summed E-state index contributed by atoms with van der Waals surface area (Å²) in [7, 11) is 2.10. The van der Waals surface area contributed by atoms with Crippen LogP contribution in [0.2, 0.25) is 0 Å². The third-order valence-corrected chi connectivity index (χ3v) is 2.95. The number of hydrogen-bond acceptors (Lipinski definition) is 1. The van der Waals surface area contributed by atoms with Gasteiger partial charge in [0.1, 0.15) is 0 Å². The molecule has 112 valence electrons. The molecule has 0 saturated carbocycles. The van der Waals surface area contributed by atoms with Crippen molar-refractivity contribution >= 4 is 5.57 Å². The van der Waals surface area contributed by atoms with Gasteiger partial charge in [-0.25, -0.2) is 0 Å². The molecule has 1 aromatic carbocycles. The van der Waals surface area contributed by atoms with Crippen molar-refractivity contribution in [1.82, 2.24) is 4.90 Å². The molecular weight excluding hydrogens is 254 g/mol. The van der Waals surface area contributed by atoms with Crippen molar-refractivity contribution in [3.05, 3.63) is 54.1 Å². The van der Waals surface area contributed by atoms with E-state index in [-0.39, 0.29) is 5.41 Å². The summed E-state index contributed by atoms with van der Waals surface area (Å²) < 4.78 is 0. The first-order valence-electron chi connectivity index (χ1n) is 7.39. The van der Waals surface area contributed by atoms with Crippen LogP contribution >= 0.6 is 0 Å². The summed E-state index contributed by atoms with van der Waals surface area (Å²) in [6.07, 6.45) is 4.04. The molecule has 0 aliphatic heterocycles. The Morgan fingerprint density at radius 2 is 2.05 bits per heavy atom. The van der Waals surface area contributed by atoms with E-state index in [1.165, 1.54) is 11.1 Å². The highest BCUT2D eigenvalue weighted by Gasteiger charge is 2.03. The molecule has 0 aliphatic rings. The summed E-state index contributed by atoms with van der Waals surface area (Å²) >= 11 is 0. The molecule has 0 amide bonds. The summed E-state index contributed by atoms with van der Waals surface area (Å²) in [6.45, 7) is 14.4. The molecule has 0 spiro atoms. The van der Waals surface area contributed by atoms with Gasteiger partial charge in [0.2, 0.25) is 0 Å². The van der Waals surface area contributed by atoms with E-state index in [0.717, 1.165) is 18.7 Å². The van der Waals surface area contributed by atoms with Crippen LogP contribution in [-0.2, 0) is 0 Å². The van der Waals surface area contributed by atoms with Gasteiger partial charge in [-0.3, -0.25) is 4.90 Å². The van der Waals surface area contributed by atoms with Crippen LogP contribution in [-0.4, -0.2) is 25.0 Å². The number of rotatable bonds is 5. The predicted octanol–water partition coefficient (Wildman–Crippen LogP) is 4.55. The molecule has 1 rings (SSSR count). The highest BCUT2D eigenvalue weighted by atomic mass is 15.1. The second-order valence-electron chi connectivity index (χ2n) is 6.59. The van der Waals surface area contributed by atoms with E-state index in [1.54, 1.807) is 0 Å². The fourth-order valence-electron chi connectivity index (χ4n) is 1.90. The number of hydrogen-bond donors (Lipinski definition) is 0. The van der Waals surface area contributed by atoms with Gasteiger partial charge in [0.15, 0.2) is 0 Å². The Hall–Kier alpha value is -1.78. The first-order chi connectivity index (χ1) is 9.78. The average Bonchev–Trinajstić information content (AvgIpc) is 2.36. The van der Waals surface area contributed by atoms with Gasteiger partial charge in [-0.15, -0.1) is 0 Å². The average molecular weight is 281 g/mol. The molecule has 0 atom stereocenters. The molecule has 0 unspecified atom stereocenters. The fraction of sp³-hybridized carbons (Fsp3) is 0.400. The van der Waals surface area contributed by atoms with Crippen molar-refractivity contribution in [3.8, 4) is 11.8 Å². The van der Waals surface area contributed by atoms with Crippen LogP contribution in [0, 0.1) is 24.2 Å². The SMILES string of the molecule is C=C(CN(C)CC=CC#CC(C)(C)C)c1cccc(C)c1. The molecule has 21 heavy (non-hydrogen) atoms. The van der Waals surface area contributed by atoms with Crippen LogP contribution in [0.3, 0.4) is 0 Å². The van der Waals surface area contributed by atoms with Crippen LogP contribution in [0.4, 0.5) is 0 Å². The molecule has 0 aliphatic carbocycles.